The van der Waals surface area contributed by atoms with Gasteiger partial charge in [-0.3, -0.25) is 0 Å². The minimum Gasteiger partial charge on any atom is -0.381 e. The molecule has 17 heavy (non-hydrogen) atoms. The van der Waals surface area contributed by atoms with Crippen molar-refractivity contribution in [3.8, 4) is 0 Å². The maximum Gasteiger partial charge on any atom is 0.151 e. The van der Waals surface area contributed by atoms with E-state index in [9.17, 15) is 0 Å². The van der Waals surface area contributed by atoms with Crippen LogP contribution in [0.25, 0.3) is 10.2 Å². The summed E-state index contributed by atoms with van der Waals surface area (Å²) in [6, 6.07) is 8.30. The molecule has 4 heteroatoms. The molecule has 0 saturated carbocycles. The minimum atomic E-state index is 0.867. The summed E-state index contributed by atoms with van der Waals surface area (Å²) >= 11 is 3.61. The highest BCUT2D eigenvalue weighted by atomic mass is 32.2. The molecule has 1 heterocycles. The number of thioether (sulfide) groups is 1. The minimum absolute atomic E-state index is 0.867. The Balaban J connectivity index is 1.75. The van der Waals surface area contributed by atoms with E-state index >= 15 is 0 Å². The Bertz CT molecular complexity index is 422. The van der Waals surface area contributed by atoms with Crippen molar-refractivity contribution in [1.29, 1.82) is 0 Å². The first-order valence-corrected chi connectivity index (χ1v) is 7.76. The molecule has 92 valence electrons. The van der Waals surface area contributed by atoms with Gasteiger partial charge in [0.25, 0.3) is 0 Å². The second-order valence-corrected chi connectivity index (χ2v) is 6.13. The smallest absolute Gasteiger partial charge is 0.151 e. The Labute approximate surface area is 110 Å². The number of hydrogen-bond acceptors (Lipinski definition) is 4. The number of aromatic nitrogens is 1. The van der Waals surface area contributed by atoms with Gasteiger partial charge in [-0.2, -0.15) is 0 Å². The maximum atomic E-state index is 5.45. The van der Waals surface area contributed by atoms with Crippen molar-refractivity contribution in [2.24, 2.45) is 0 Å². The SMILES string of the molecule is CCCOCCCSc1nc2ccccc2s1. The molecule has 2 rings (SSSR count). The average Bonchev–Trinajstić information content (AvgIpc) is 2.76. The van der Waals surface area contributed by atoms with Gasteiger partial charge in [-0.1, -0.05) is 30.8 Å². The number of rotatable bonds is 7. The third-order valence-electron chi connectivity index (χ3n) is 2.28. The van der Waals surface area contributed by atoms with Gasteiger partial charge in [0, 0.05) is 19.0 Å². The van der Waals surface area contributed by atoms with E-state index in [1.54, 1.807) is 11.3 Å². The summed E-state index contributed by atoms with van der Waals surface area (Å²) in [4.78, 5) is 4.59. The molecule has 0 amide bonds. The first-order valence-electron chi connectivity index (χ1n) is 5.96. The van der Waals surface area contributed by atoms with Gasteiger partial charge in [-0.25, -0.2) is 4.98 Å². The summed E-state index contributed by atoms with van der Waals surface area (Å²) in [5, 5.41) is 0. The van der Waals surface area contributed by atoms with Crippen LogP contribution in [0.3, 0.4) is 0 Å². The van der Waals surface area contributed by atoms with Crippen LogP contribution in [-0.4, -0.2) is 24.0 Å². The molecular formula is C13H17NOS2. The predicted molar refractivity (Wildman–Crippen MR) is 76.1 cm³/mol. The van der Waals surface area contributed by atoms with E-state index in [1.807, 2.05) is 17.8 Å². The van der Waals surface area contributed by atoms with E-state index in [-0.39, 0.29) is 0 Å². The van der Waals surface area contributed by atoms with E-state index in [0.717, 1.165) is 37.3 Å². The molecule has 0 radical (unpaired) electrons. The van der Waals surface area contributed by atoms with Gasteiger partial charge < -0.3 is 4.74 Å². The Morgan fingerprint density at radius 1 is 1.29 bits per heavy atom. The van der Waals surface area contributed by atoms with Gasteiger partial charge in [-0.15, -0.1) is 11.3 Å². The largest absolute Gasteiger partial charge is 0.381 e. The van der Waals surface area contributed by atoms with Gasteiger partial charge in [-0.05, 0) is 25.0 Å². The highest BCUT2D eigenvalue weighted by Crippen LogP contribution is 2.29. The van der Waals surface area contributed by atoms with E-state index < -0.39 is 0 Å². The molecule has 1 aromatic heterocycles. The summed E-state index contributed by atoms with van der Waals surface area (Å²) in [7, 11) is 0. The van der Waals surface area contributed by atoms with Crippen molar-refractivity contribution in [3.63, 3.8) is 0 Å². The van der Waals surface area contributed by atoms with Gasteiger partial charge in [0.05, 0.1) is 10.2 Å². The van der Waals surface area contributed by atoms with Crippen molar-refractivity contribution >= 4 is 33.3 Å². The van der Waals surface area contributed by atoms with E-state index in [2.05, 4.69) is 30.1 Å². The molecule has 2 aromatic rings. The number of para-hydroxylation sites is 1. The third-order valence-corrected chi connectivity index (χ3v) is 4.55. The predicted octanol–water partition coefficient (Wildman–Crippen LogP) is 4.21. The summed E-state index contributed by atoms with van der Waals surface area (Å²) < 4.78 is 7.89. The molecule has 0 unspecified atom stereocenters. The summed E-state index contributed by atoms with van der Waals surface area (Å²) in [5.74, 6) is 1.09. The lowest BCUT2D eigenvalue weighted by atomic mass is 10.3. The van der Waals surface area contributed by atoms with Crippen molar-refractivity contribution in [3.05, 3.63) is 24.3 Å². The highest BCUT2D eigenvalue weighted by molar-refractivity contribution is 8.01. The fourth-order valence-corrected chi connectivity index (χ4v) is 3.53. The van der Waals surface area contributed by atoms with Crippen LogP contribution < -0.4 is 0 Å². The number of nitrogens with zero attached hydrogens (tertiary/aromatic N) is 1. The molecule has 0 aliphatic rings. The zero-order chi connectivity index (χ0) is 11.9. The Morgan fingerprint density at radius 3 is 3.00 bits per heavy atom. The fraction of sp³-hybridized carbons (Fsp3) is 0.462. The van der Waals surface area contributed by atoms with E-state index in [4.69, 9.17) is 4.74 Å². The van der Waals surface area contributed by atoms with Crippen LogP contribution in [0.15, 0.2) is 28.6 Å². The second-order valence-electron chi connectivity index (χ2n) is 3.76. The number of ether oxygens (including phenoxy) is 1. The second kappa shape index (κ2) is 6.99. The lowest BCUT2D eigenvalue weighted by molar-refractivity contribution is 0.136. The average molecular weight is 267 g/mol. The standard InChI is InChI=1S/C13H17NOS2/c1-2-8-15-9-5-10-16-13-14-11-6-3-4-7-12(11)17-13/h3-4,6-7H,2,5,8-10H2,1H3. The summed E-state index contributed by atoms with van der Waals surface area (Å²) in [6.45, 7) is 3.88. The van der Waals surface area contributed by atoms with Crippen LogP contribution in [0.4, 0.5) is 0 Å². The molecule has 0 bridgehead atoms. The van der Waals surface area contributed by atoms with Gasteiger partial charge in [0.15, 0.2) is 4.34 Å². The van der Waals surface area contributed by atoms with Crippen molar-refractivity contribution in [2.45, 2.75) is 24.1 Å². The molecule has 0 N–H and O–H groups in total. The maximum absolute atomic E-state index is 5.45. The quantitative estimate of drug-likeness (QED) is 0.554. The Hall–Kier alpha value is -0.580. The molecule has 0 spiro atoms. The van der Waals surface area contributed by atoms with Crippen LogP contribution in [-0.2, 0) is 4.74 Å². The topological polar surface area (TPSA) is 22.1 Å². The van der Waals surface area contributed by atoms with E-state index in [0.29, 0.717) is 0 Å². The van der Waals surface area contributed by atoms with Crippen molar-refractivity contribution in [1.82, 2.24) is 4.98 Å². The summed E-state index contributed by atoms with van der Waals surface area (Å²) in [6.07, 6.45) is 2.20. The molecule has 1 aromatic carbocycles. The first kappa shape index (κ1) is 12.9. The van der Waals surface area contributed by atoms with Crippen LogP contribution in [0.2, 0.25) is 0 Å². The molecule has 0 aliphatic carbocycles. The molecular weight excluding hydrogens is 250 g/mol. The molecule has 2 nitrogen and oxygen atoms in total. The van der Waals surface area contributed by atoms with Crippen LogP contribution in [0.5, 0.6) is 0 Å². The fourth-order valence-electron chi connectivity index (χ4n) is 1.48. The number of thiazole rings is 1. The molecule has 0 fully saturated rings. The Kier molecular flexibility index (Phi) is 5.29. The van der Waals surface area contributed by atoms with Gasteiger partial charge >= 0.3 is 0 Å². The zero-order valence-electron chi connectivity index (χ0n) is 10.0. The monoisotopic (exact) mass is 267 g/mol. The first-order chi connectivity index (χ1) is 8.40. The van der Waals surface area contributed by atoms with Gasteiger partial charge in [0.2, 0.25) is 0 Å². The molecule has 0 aliphatic heterocycles. The number of benzene rings is 1. The van der Waals surface area contributed by atoms with Gasteiger partial charge in [0.1, 0.15) is 0 Å². The zero-order valence-corrected chi connectivity index (χ0v) is 11.6. The highest BCUT2D eigenvalue weighted by Gasteiger charge is 2.02. The van der Waals surface area contributed by atoms with Crippen molar-refractivity contribution < 1.29 is 4.74 Å². The van der Waals surface area contributed by atoms with Crippen LogP contribution in [0.1, 0.15) is 19.8 Å². The normalized spacial score (nSPS) is 11.1. The van der Waals surface area contributed by atoms with Crippen LogP contribution >= 0.6 is 23.1 Å². The lowest BCUT2D eigenvalue weighted by Gasteiger charge is -2.00. The Morgan fingerprint density at radius 2 is 2.18 bits per heavy atom. The third kappa shape index (κ3) is 3.98. The molecule has 0 saturated heterocycles. The number of fused-ring (bicyclic) bond motifs is 1. The lowest BCUT2D eigenvalue weighted by Crippen LogP contribution is -1.96. The van der Waals surface area contributed by atoms with Crippen molar-refractivity contribution in [2.75, 3.05) is 19.0 Å². The van der Waals surface area contributed by atoms with E-state index in [1.165, 1.54) is 9.04 Å². The summed E-state index contributed by atoms with van der Waals surface area (Å²) in [5.41, 5.74) is 1.11. The van der Waals surface area contributed by atoms with Crippen LogP contribution in [0, 0.1) is 0 Å². The number of hydrogen-bond donors (Lipinski definition) is 0. The molecule has 0 atom stereocenters.